The molecule has 1 heterocycles. The lowest BCUT2D eigenvalue weighted by atomic mass is 9.89. The zero-order chi connectivity index (χ0) is 16.6. The van der Waals surface area contributed by atoms with Crippen molar-refractivity contribution in [1.82, 2.24) is 4.90 Å². The Balaban J connectivity index is 1.81. The summed E-state index contributed by atoms with van der Waals surface area (Å²) in [4.78, 5) is 26.7. The predicted molar refractivity (Wildman–Crippen MR) is 83.1 cm³/mol. The smallest absolute Gasteiger partial charge is 0.309 e. The van der Waals surface area contributed by atoms with Gasteiger partial charge in [-0.3, -0.25) is 9.59 Å². The first-order valence-electron chi connectivity index (χ1n) is 8.19. The number of hydrogen-bond acceptors (Lipinski definition) is 3. The molecule has 0 spiro atoms. The van der Waals surface area contributed by atoms with Crippen LogP contribution >= 0.6 is 0 Å². The highest BCUT2D eigenvalue weighted by Gasteiger charge is 2.42. The average molecular weight is 319 g/mol. The van der Waals surface area contributed by atoms with E-state index >= 15 is 0 Å². The first-order chi connectivity index (χ1) is 11.0. The Morgan fingerprint density at radius 3 is 2.74 bits per heavy atom. The Kier molecular flexibility index (Phi) is 4.37. The Labute approximate surface area is 135 Å². The van der Waals surface area contributed by atoms with Crippen LogP contribution in [-0.2, 0) is 20.7 Å². The minimum atomic E-state index is -0.325. The van der Waals surface area contributed by atoms with Crippen LogP contribution in [0.2, 0.25) is 0 Å². The first kappa shape index (κ1) is 16.0. The van der Waals surface area contributed by atoms with Crippen LogP contribution in [-0.4, -0.2) is 30.4 Å². The summed E-state index contributed by atoms with van der Waals surface area (Å²) < 4.78 is 18.2. The van der Waals surface area contributed by atoms with Crippen molar-refractivity contribution in [2.45, 2.75) is 38.6 Å². The third-order valence-electron chi connectivity index (χ3n) is 5.26. The molecule has 1 aromatic carbocycles. The van der Waals surface area contributed by atoms with Crippen molar-refractivity contribution in [3.05, 3.63) is 35.1 Å². The molecule has 1 amide bonds. The van der Waals surface area contributed by atoms with E-state index in [0.29, 0.717) is 19.4 Å². The summed E-state index contributed by atoms with van der Waals surface area (Å²) in [6, 6.07) is 4.67. The van der Waals surface area contributed by atoms with Gasteiger partial charge in [0.15, 0.2) is 0 Å². The van der Waals surface area contributed by atoms with Crippen LogP contribution in [0.5, 0.6) is 0 Å². The monoisotopic (exact) mass is 319 g/mol. The molecule has 0 saturated heterocycles. The number of methoxy groups -OCH3 is 1. The summed E-state index contributed by atoms with van der Waals surface area (Å²) in [7, 11) is 1.37. The van der Waals surface area contributed by atoms with Gasteiger partial charge < -0.3 is 9.64 Å². The molecule has 2 aliphatic rings. The van der Waals surface area contributed by atoms with E-state index < -0.39 is 0 Å². The molecule has 5 heteroatoms. The van der Waals surface area contributed by atoms with Crippen molar-refractivity contribution in [2.24, 2.45) is 11.8 Å². The number of carbonyl (C=O) groups is 2. The van der Waals surface area contributed by atoms with Crippen LogP contribution in [0.4, 0.5) is 4.39 Å². The summed E-state index contributed by atoms with van der Waals surface area (Å²) in [5.41, 5.74) is 1.97. The number of halogens is 1. The van der Waals surface area contributed by atoms with Gasteiger partial charge in [0, 0.05) is 6.54 Å². The van der Waals surface area contributed by atoms with Crippen molar-refractivity contribution in [3.8, 4) is 0 Å². The minimum Gasteiger partial charge on any atom is -0.469 e. The summed E-state index contributed by atoms with van der Waals surface area (Å²) in [6.07, 6.45) is 2.98. The summed E-state index contributed by atoms with van der Waals surface area (Å²) in [5, 5.41) is 0. The van der Waals surface area contributed by atoms with E-state index in [1.165, 1.54) is 13.2 Å². The summed E-state index contributed by atoms with van der Waals surface area (Å²) >= 11 is 0. The number of rotatable bonds is 2. The maximum atomic E-state index is 13.4. The molecule has 1 aliphatic carbocycles. The highest BCUT2D eigenvalue weighted by Crippen LogP contribution is 2.37. The van der Waals surface area contributed by atoms with E-state index in [0.717, 1.165) is 24.0 Å². The number of fused-ring (bicyclic) bond motifs is 1. The van der Waals surface area contributed by atoms with Gasteiger partial charge in [-0.15, -0.1) is 0 Å². The zero-order valence-electron chi connectivity index (χ0n) is 13.5. The molecule has 3 atom stereocenters. The van der Waals surface area contributed by atoms with Crippen LogP contribution in [0.1, 0.15) is 43.4 Å². The predicted octanol–water partition coefficient (Wildman–Crippen LogP) is 2.86. The molecule has 23 heavy (non-hydrogen) atoms. The normalized spacial score (nSPS) is 26.7. The zero-order valence-corrected chi connectivity index (χ0v) is 13.5. The van der Waals surface area contributed by atoms with Crippen LogP contribution < -0.4 is 0 Å². The molecule has 3 rings (SSSR count). The first-order valence-corrected chi connectivity index (χ1v) is 8.19. The number of ether oxygens (including phenoxy) is 1. The molecule has 0 N–H and O–H groups in total. The lowest BCUT2D eigenvalue weighted by Crippen LogP contribution is -2.44. The Hall–Kier alpha value is -1.91. The van der Waals surface area contributed by atoms with Gasteiger partial charge in [-0.1, -0.05) is 12.5 Å². The number of esters is 1. The second-order valence-electron chi connectivity index (χ2n) is 6.47. The second-order valence-corrected chi connectivity index (χ2v) is 6.47. The lowest BCUT2D eigenvalue weighted by Gasteiger charge is -2.37. The van der Waals surface area contributed by atoms with Gasteiger partial charge in [0.05, 0.1) is 25.0 Å². The van der Waals surface area contributed by atoms with Crippen LogP contribution in [0.25, 0.3) is 0 Å². The third kappa shape index (κ3) is 2.84. The lowest BCUT2D eigenvalue weighted by molar-refractivity contribution is -0.152. The molecule has 0 aromatic heterocycles. The molecule has 124 valence electrons. The largest absolute Gasteiger partial charge is 0.469 e. The average Bonchev–Trinajstić information content (AvgIpc) is 3.03. The number of benzene rings is 1. The SMILES string of the molecule is COC(=O)[C@@H]1CCC[C@H]1C(=O)N1CCc2cc(F)ccc2[C@@H]1C. The molecular formula is C18H22FNO3. The number of hydrogen-bond donors (Lipinski definition) is 0. The second kappa shape index (κ2) is 6.30. The molecule has 0 bridgehead atoms. The van der Waals surface area contributed by atoms with Crippen LogP contribution in [0.3, 0.4) is 0 Å². The van der Waals surface area contributed by atoms with Crippen molar-refractivity contribution in [2.75, 3.05) is 13.7 Å². The van der Waals surface area contributed by atoms with Gasteiger partial charge >= 0.3 is 5.97 Å². The molecule has 1 saturated carbocycles. The van der Waals surface area contributed by atoms with Gasteiger partial charge in [-0.05, 0) is 49.4 Å². The summed E-state index contributed by atoms with van der Waals surface area (Å²) in [5.74, 6) is -1.10. The van der Waals surface area contributed by atoms with E-state index in [-0.39, 0.29) is 35.6 Å². The Morgan fingerprint density at radius 1 is 1.26 bits per heavy atom. The van der Waals surface area contributed by atoms with E-state index in [1.54, 1.807) is 12.1 Å². The fourth-order valence-electron chi connectivity index (χ4n) is 4.00. The standard InChI is InChI=1S/C18H22FNO3/c1-11-14-7-6-13(19)10-12(14)8-9-20(11)17(21)15-4-3-5-16(15)18(22)23-2/h6-7,10-11,15-16H,3-5,8-9H2,1-2H3/t11-,15+,16+/m0/s1. The van der Waals surface area contributed by atoms with E-state index in [1.807, 2.05) is 11.8 Å². The van der Waals surface area contributed by atoms with Gasteiger partial charge in [0.25, 0.3) is 0 Å². The molecule has 1 aliphatic heterocycles. The number of amides is 1. The maximum Gasteiger partial charge on any atom is 0.309 e. The molecule has 0 unspecified atom stereocenters. The van der Waals surface area contributed by atoms with Gasteiger partial charge in [0.1, 0.15) is 5.82 Å². The minimum absolute atomic E-state index is 0.0281. The van der Waals surface area contributed by atoms with Crippen molar-refractivity contribution >= 4 is 11.9 Å². The Bertz CT molecular complexity index is 631. The highest BCUT2D eigenvalue weighted by molar-refractivity contribution is 5.86. The van der Waals surface area contributed by atoms with Gasteiger partial charge in [-0.2, -0.15) is 0 Å². The molecule has 1 fully saturated rings. The maximum absolute atomic E-state index is 13.4. The van der Waals surface area contributed by atoms with Gasteiger partial charge in [-0.25, -0.2) is 4.39 Å². The van der Waals surface area contributed by atoms with Crippen molar-refractivity contribution < 1.29 is 18.7 Å². The third-order valence-corrected chi connectivity index (χ3v) is 5.26. The fourth-order valence-corrected chi connectivity index (χ4v) is 4.00. The van der Waals surface area contributed by atoms with Crippen molar-refractivity contribution in [1.29, 1.82) is 0 Å². The molecule has 0 radical (unpaired) electrons. The quantitative estimate of drug-likeness (QED) is 0.788. The van der Waals surface area contributed by atoms with Gasteiger partial charge in [0.2, 0.25) is 5.91 Å². The van der Waals surface area contributed by atoms with Crippen LogP contribution in [0, 0.1) is 17.7 Å². The van der Waals surface area contributed by atoms with Crippen molar-refractivity contribution in [3.63, 3.8) is 0 Å². The number of nitrogens with zero attached hydrogens (tertiary/aromatic N) is 1. The summed E-state index contributed by atoms with van der Waals surface area (Å²) in [6.45, 7) is 2.54. The highest BCUT2D eigenvalue weighted by atomic mass is 19.1. The number of carbonyl (C=O) groups excluding carboxylic acids is 2. The van der Waals surface area contributed by atoms with Crippen LogP contribution in [0.15, 0.2) is 18.2 Å². The molecule has 1 aromatic rings. The molecule has 4 nitrogen and oxygen atoms in total. The van der Waals surface area contributed by atoms with E-state index in [2.05, 4.69) is 0 Å². The molecular weight excluding hydrogens is 297 g/mol. The van der Waals surface area contributed by atoms with E-state index in [4.69, 9.17) is 4.74 Å². The van der Waals surface area contributed by atoms with E-state index in [9.17, 15) is 14.0 Å². The Morgan fingerprint density at radius 2 is 2.00 bits per heavy atom. The topological polar surface area (TPSA) is 46.6 Å². The fraction of sp³-hybridized carbons (Fsp3) is 0.556.